The van der Waals surface area contributed by atoms with Crippen LogP contribution in [0.2, 0.25) is 0 Å². The van der Waals surface area contributed by atoms with Crippen molar-refractivity contribution in [2.45, 2.75) is 32.4 Å². The highest BCUT2D eigenvalue weighted by Crippen LogP contribution is 2.19. The summed E-state index contributed by atoms with van der Waals surface area (Å²) in [6.07, 6.45) is 7.71. The third-order valence-electron chi connectivity index (χ3n) is 3.42. The summed E-state index contributed by atoms with van der Waals surface area (Å²) in [5.74, 6) is 0.644. The van der Waals surface area contributed by atoms with Crippen LogP contribution >= 0.6 is 11.3 Å². The Morgan fingerprint density at radius 2 is 2.10 bits per heavy atom. The monoisotopic (exact) mass is 290 g/mol. The average Bonchev–Trinajstić information content (AvgIpc) is 2.94. The predicted octanol–water partition coefficient (Wildman–Crippen LogP) is 2.28. The summed E-state index contributed by atoms with van der Waals surface area (Å²) in [4.78, 5) is 16.4. The second kappa shape index (κ2) is 6.28. The van der Waals surface area contributed by atoms with E-state index in [2.05, 4.69) is 19.9 Å². The van der Waals surface area contributed by atoms with Crippen molar-refractivity contribution in [2.24, 2.45) is 0 Å². The molecule has 0 saturated carbocycles. The number of piperidine rings is 1. The van der Waals surface area contributed by atoms with Gasteiger partial charge in [-0.2, -0.15) is 0 Å². The zero-order valence-corrected chi connectivity index (χ0v) is 12.3. The smallest absolute Gasteiger partial charge is 0.232 e. The van der Waals surface area contributed by atoms with Crippen LogP contribution in [0.5, 0.6) is 5.88 Å². The Hall–Kier alpha value is -1.53. The molecule has 106 valence electrons. The molecule has 2 aromatic rings. The molecule has 6 heteroatoms. The highest BCUT2D eigenvalue weighted by molar-refractivity contribution is 7.09. The lowest BCUT2D eigenvalue weighted by Crippen LogP contribution is -2.37. The average molecular weight is 290 g/mol. The first-order chi connectivity index (χ1) is 9.79. The van der Waals surface area contributed by atoms with Gasteiger partial charge in [0, 0.05) is 36.9 Å². The Bertz CT molecular complexity index is 538. The summed E-state index contributed by atoms with van der Waals surface area (Å²) in [6, 6.07) is 0. The molecule has 1 aliphatic heterocycles. The molecule has 5 nitrogen and oxygen atoms in total. The molecule has 1 saturated heterocycles. The number of hydrogen-bond donors (Lipinski definition) is 0. The van der Waals surface area contributed by atoms with Crippen molar-refractivity contribution in [1.82, 2.24) is 19.9 Å². The maximum Gasteiger partial charge on any atom is 0.232 e. The van der Waals surface area contributed by atoms with Crippen molar-refractivity contribution in [1.29, 1.82) is 0 Å². The second-order valence-electron chi connectivity index (χ2n) is 5.06. The van der Waals surface area contributed by atoms with Crippen molar-refractivity contribution in [3.63, 3.8) is 0 Å². The van der Waals surface area contributed by atoms with Crippen LogP contribution < -0.4 is 4.74 Å². The van der Waals surface area contributed by atoms with E-state index in [0.29, 0.717) is 5.88 Å². The van der Waals surface area contributed by atoms with Gasteiger partial charge in [0.25, 0.3) is 0 Å². The standard InChI is InChI=1S/C14H18N4OS/c1-11-6-15-8-14(17-11)19-12-2-4-18(5-3-12)9-13-7-16-10-20-13/h6-8,10,12H,2-5,9H2,1H3. The molecule has 20 heavy (non-hydrogen) atoms. The zero-order chi connectivity index (χ0) is 13.8. The number of thiazole rings is 1. The summed E-state index contributed by atoms with van der Waals surface area (Å²) < 4.78 is 5.91. The van der Waals surface area contributed by atoms with Gasteiger partial charge in [-0.25, -0.2) is 4.98 Å². The van der Waals surface area contributed by atoms with E-state index in [9.17, 15) is 0 Å². The van der Waals surface area contributed by atoms with E-state index < -0.39 is 0 Å². The highest BCUT2D eigenvalue weighted by atomic mass is 32.1. The molecule has 0 unspecified atom stereocenters. The van der Waals surface area contributed by atoms with E-state index in [1.165, 1.54) is 4.88 Å². The fourth-order valence-corrected chi connectivity index (χ4v) is 3.03. The number of aryl methyl sites for hydroxylation is 1. The number of ether oxygens (including phenoxy) is 1. The van der Waals surface area contributed by atoms with Gasteiger partial charge in [-0.3, -0.25) is 14.9 Å². The van der Waals surface area contributed by atoms with Crippen molar-refractivity contribution >= 4 is 11.3 Å². The normalized spacial score (nSPS) is 17.2. The predicted molar refractivity (Wildman–Crippen MR) is 77.8 cm³/mol. The van der Waals surface area contributed by atoms with Crippen LogP contribution in [0, 0.1) is 6.92 Å². The van der Waals surface area contributed by atoms with Gasteiger partial charge < -0.3 is 4.74 Å². The summed E-state index contributed by atoms with van der Waals surface area (Å²) in [6.45, 7) is 5.04. The molecule has 0 radical (unpaired) electrons. The van der Waals surface area contributed by atoms with Crippen LogP contribution in [0.25, 0.3) is 0 Å². The molecule has 0 atom stereocenters. The lowest BCUT2D eigenvalue weighted by atomic mass is 10.1. The molecule has 0 bridgehead atoms. The third-order valence-corrected chi connectivity index (χ3v) is 4.18. The molecule has 0 N–H and O–H groups in total. The van der Waals surface area contributed by atoms with E-state index in [1.54, 1.807) is 23.7 Å². The molecular weight excluding hydrogens is 272 g/mol. The molecule has 3 rings (SSSR count). The van der Waals surface area contributed by atoms with Gasteiger partial charge in [0.05, 0.1) is 17.4 Å². The van der Waals surface area contributed by atoms with Crippen molar-refractivity contribution in [3.8, 4) is 5.88 Å². The van der Waals surface area contributed by atoms with E-state index in [4.69, 9.17) is 4.74 Å². The SMILES string of the molecule is Cc1cncc(OC2CCN(Cc3cncs3)CC2)n1. The van der Waals surface area contributed by atoms with Gasteiger partial charge in [0.2, 0.25) is 5.88 Å². The van der Waals surface area contributed by atoms with Gasteiger partial charge in [-0.05, 0) is 19.8 Å². The number of hydrogen-bond acceptors (Lipinski definition) is 6. The minimum absolute atomic E-state index is 0.254. The molecule has 1 aliphatic rings. The van der Waals surface area contributed by atoms with Gasteiger partial charge in [0.15, 0.2) is 0 Å². The van der Waals surface area contributed by atoms with Gasteiger partial charge in [-0.1, -0.05) is 0 Å². The first-order valence-electron chi connectivity index (χ1n) is 6.84. The number of rotatable bonds is 4. The molecule has 3 heterocycles. The third kappa shape index (κ3) is 3.52. The molecule has 0 aliphatic carbocycles. The summed E-state index contributed by atoms with van der Waals surface area (Å²) in [5.41, 5.74) is 2.78. The van der Waals surface area contributed by atoms with Crippen LogP contribution in [-0.2, 0) is 6.54 Å². The Morgan fingerprint density at radius 1 is 1.25 bits per heavy atom. The maximum atomic E-state index is 5.91. The van der Waals surface area contributed by atoms with Gasteiger partial charge in [-0.15, -0.1) is 11.3 Å². The molecule has 1 fully saturated rings. The first-order valence-corrected chi connectivity index (χ1v) is 7.72. The largest absolute Gasteiger partial charge is 0.473 e. The molecule has 0 aromatic carbocycles. The van der Waals surface area contributed by atoms with Crippen LogP contribution in [0.3, 0.4) is 0 Å². The maximum absolute atomic E-state index is 5.91. The topological polar surface area (TPSA) is 51.1 Å². The molecule has 2 aromatic heterocycles. The fraction of sp³-hybridized carbons (Fsp3) is 0.500. The van der Waals surface area contributed by atoms with Gasteiger partial charge in [0.1, 0.15) is 6.10 Å². The summed E-state index contributed by atoms with van der Waals surface area (Å²) in [7, 11) is 0. The lowest BCUT2D eigenvalue weighted by molar-refractivity contribution is 0.0932. The molecular formula is C14H18N4OS. The molecule has 0 spiro atoms. The number of nitrogens with zero attached hydrogens (tertiary/aromatic N) is 4. The Balaban J connectivity index is 1.48. The van der Waals surface area contributed by atoms with Crippen molar-refractivity contribution in [2.75, 3.05) is 13.1 Å². The summed E-state index contributed by atoms with van der Waals surface area (Å²) in [5, 5.41) is 0. The Kier molecular flexibility index (Phi) is 4.22. The van der Waals surface area contributed by atoms with E-state index in [1.807, 2.05) is 18.6 Å². The van der Waals surface area contributed by atoms with Crippen molar-refractivity contribution in [3.05, 3.63) is 34.7 Å². The van der Waals surface area contributed by atoms with Crippen molar-refractivity contribution < 1.29 is 4.74 Å². The Labute approximate surface area is 122 Å². The Morgan fingerprint density at radius 3 is 2.80 bits per heavy atom. The minimum atomic E-state index is 0.254. The second-order valence-corrected chi connectivity index (χ2v) is 6.03. The quantitative estimate of drug-likeness (QED) is 0.864. The zero-order valence-electron chi connectivity index (χ0n) is 11.5. The van der Waals surface area contributed by atoms with Crippen LogP contribution in [-0.4, -0.2) is 39.0 Å². The summed E-state index contributed by atoms with van der Waals surface area (Å²) >= 11 is 1.72. The molecule has 0 amide bonds. The van der Waals surface area contributed by atoms with Crippen LogP contribution in [0.15, 0.2) is 24.1 Å². The van der Waals surface area contributed by atoms with E-state index in [-0.39, 0.29) is 6.10 Å². The number of aromatic nitrogens is 3. The number of likely N-dealkylation sites (tertiary alicyclic amines) is 1. The first kappa shape index (κ1) is 13.5. The highest BCUT2D eigenvalue weighted by Gasteiger charge is 2.21. The lowest BCUT2D eigenvalue weighted by Gasteiger charge is -2.31. The minimum Gasteiger partial charge on any atom is -0.473 e. The van der Waals surface area contributed by atoms with Gasteiger partial charge >= 0.3 is 0 Å². The van der Waals surface area contributed by atoms with E-state index in [0.717, 1.165) is 38.2 Å². The van der Waals surface area contributed by atoms with E-state index >= 15 is 0 Å². The van der Waals surface area contributed by atoms with Crippen LogP contribution in [0.1, 0.15) is 23.4 Å². The van der Waals surface area contributed by atoms with Crippen LogP contribution in [0.4, 0.5) is 0 Å². The fourth-order valence-electron chi connectivity index (χ4n) is 2.39.